The number of aryl methyl sites for hydroxylation is 1. The number of hydrogen-bond acceptors (Lipinski definition) is 2. The molecule has 0 spiro atoms. The highest BCUT2D eigenvalue weighted by molar-refractivity contribution is 5.89. The van der Waals surface area contributed by atoms with Crippen molar-refractivity contribution in [3.63, 3.8) is 0 Å². The Balaban J connectivity index is 2.40. The second-order valence-corrected chi connectivity index (χ2v) is 3.98. The first kappa shape index (κ1) is 10.2. The van der Waals surface area contributed by atoms with Gasteiger partial charge in [-0.25, -0.2) is 4.79 Å². The topological polar surface area (TPSA) is 49.3 Å². The molecule has 1 atom stereocenters. The number of nitrogens with one attached hydrogen (secondary N) is 1. The van der Waals surface area contributed by atoms with E-state index in [9.17, 15) is 4.79 Å². The van der Waals surface area contributed by atoms with Crippen LogP contribution in [0.25, 0.3) is 0 Å². The summed E-state index contributed by atoms with van der Waals surface area (Å²) in [6.07, 6.45) is 2.89. The first-order chi connectivity index (χ1) is 7.22. The van der Waals surface area contributed by atoms with Gasteiger partial charge < -0.3 is 10.4 Å². The van der Waals surface area contributed by atoms with Crippen LogP contribution in [0.15, 0.2) is 18.2 Å². The highest BCUT2D eigenvalue weighted by Crippen LogP contribution is 2.24. The Labute approximate surface area is 89.1 Å². The number of hydrogen-bond donors (Lipinski definition) is 2. The molecule has 0 fully saturated rings. The van der Waals surface area contributed by atoms with Crippen LogP contribution in [0.1, 0.15) is 27.9 Å². The number of likely N-dealkylation sites (N-methyl/N-ethyl adjacent to an activating group) is 1. The molecule has 0 bridgehead atoms. The lowest BCUT2D eigenvalue weighted by molar-refractivity contribution is 0.0695. The van der Waals surface area contributed by atoms with Crippen molar-refractivity contribution in [2.24, 2.45) is 0 Å². The lowest BCUT2D eigenvalue weighted by atomic mass is 9.85. The summed E-state index contributed by atoms with van der Waals surface area (Å²) >= 11 is 0. The zero-order valence-corrected chi connectivity index (χ0v) is 8.79. The van der Waals surface area contributed by atoms with Crippen LogP contribution >= 0.6 is 0 Å². The molecule has 2 N–H and O–H groups in total. The van der Waals surface area contributed by atoms with Gasteiger partial charge in [0.2, 0.25) is 0 Å². The Bertz CT molecular complexity index is 387. The molecule has 1 aromatic rings. The second-order valence-electron chi connectivity index (χ2n) is 3.98. The third-order valence-electron chi connectivity index (χ3n) is 3.12. The minimum Gasteiger partial charge on any atom is -0.478 e. The maximum absolute atomic E-state index is 11.0. The van der Waals surface area contributed by atoms with Crippen LogP contribution in [-0.2, 0) is 12.8 Å². The van der Waals surface area contributed by atoms with Gasteiger partial charge in [-0.2, -0.15) is 0 Å². The van der Waals surface area contributed by atoms with E-state index in [0.29, 0.717) is 11.6 Å². The normalized spacial score (nSPS) is 19.7. The van der Waals surface area contributed by atoms with Gasteiger partial charge in [0.05, 0.1) is 5.56 Å². The van der Waals surface area contributed by atoms with E-state index in [1.165, 1.54) is 5.56 Å². The minimum atomic E-state index is -0.816. The van der Waals surface area contributed by atoms with Crippen LogP contribution in [0.5, 0.6) is 0 Å². The van der Waals surface area contributed by atoms with Crippen molar-refractivity contribution in [3.05, 3.63) is 34.9 Å². The molecule has 1 aliphatic rings. The van der Waals surface area contributed by atoms with E-state index in [2.05, 4.69) is 5.32 Å². The summed E-state index contributed by atoms with van der Waals surface area (Å²) in [5.74, 6) is -0.816. The maximum Gasteiger partial charge on any atom is 0.335 e. The van der Waals surface area contributed by atoms with E-state index < -0.39 is 5.97 Å². The van der Waals surface area contributed by atoms with Crippen LogP contribution < -0.4 is 5.32 Å². The number of carboxylic acid groups (broad SMARTS) is 1. The van der Waals surface area contributed by atoms with Crippen molar-refractivity contribution in [1.29, 1.82) is 0 Å². The van der Waals surface area contributed by atoms with Crippen molar-refractivity contribution in [2.75, 3.05) is 7.05 Å². The quantitative estimate of drug-likeness (QED) is 0.768. The van der Waals surface area contributed by atoms with Crippen molar-refractivity contribution >= 4 is 5.97 Å². The van der Waals surface area contributed by atoms with Gasteiger partial charge in [0.15, 0.2) is 0 Å². The van der Waals surface area contributed by atoms with Gasteiger partial charge in [0, 0.05) is 6.04 Å². The third-order valence-corrected chi connectivity index (χ3v) is 3.12. The standard InChI is InChI=1S/C12H15NO2/c1-13-9-6-5-8-3-2-4-10(12(14)15)11(8)7-9/h2-4,9,13H,5-7H2,1H3,(H,14,15). The van der Waals surface area contributed by atoms with E-state index in [1.807, 2.05) is 19.2 Å². The van der Waals surface area contributed by atoms with Gasteiger partial charge in [-0.05, 0) is 43.5 Å². The monoisotopic (exact) mass is 205 g/mol. The number of carboxylic acids is 1. The van der Waals surface area contributed by atoms with Crippen molar-refractivity contribution in [3.8, 4) is 0 Å². The third kappa shape index (κ3) is 1.88. The number of fused-ring (bicyclic) bond motifs is 1. The van der Waals surface area contributed by atoms with Gasteiger partial charge in [-0.1, -0.05) is 12.1 Å². The average molecular weight is 205 g/mol. The van der Waals surface area contributed by atoms with Gasteiger partial charge in [-0.3, -0.25) is 0 Å². The smallest absolute Gasteiger partial charge is 0.335 e. The molecule has 0 amide bonds. The predicted octanol–water partition coefficient (Wildman–Crippen LogP) is 1.46. The van der Waals surface area contributed by atoms with E-state index >= 15 is 0 Å². The van der Waals surface area contributed by atoms with Crippen LogP contribution in [0.3, 0.4) is 0 Å². The Kier molecular flexibility index (Phi) is 2.73. The molecule has 1 aliphatic carbocycles. The average Bonchev–Trinajstić information content (AvgIpc) is 2.27. The molecule has 3 heteroatoms. The molecule has 0 saturated carbocycles. The highest BCUT2D eigenvalue weighted by atomic mass is 16.4. The van der Waals surface area contributed by atoms with Crippen LogP contribution in [0.2, 0.25) is 0 Å². The molecule has 0 radical (unpaired) electrons. The lowest BCUT2D eigenvalue weighted by Gasteiger charge is -2.25. The van der Waals surface area contributed by atoms with Crippen LogP contribution in [0, 0.1) is 0 Å². The van der Waals surface area contributed by atoms with E-state index in [-0.39, 0.29) is 0 Å². The Morgan fingerprint density at radius 3 is 3.00 bits per heavy atom. The van der Waals surface area contributed by atoms with E-state index in [0.717, 1.165) is 24.8 Å². The van der Waals surface area contributed by atoms with Gasteiger partial charge in [-0.15, -0.1) is 0 Å². The fourth-order valence-electron chi connectivity index (χ4n) is 2.23. The predicted molar refractivity (Wildman–Crippen MR) is 58.3 cm³/mol. The molecule has 3 nitrogen and oxygen atoms in total. The molecule has 0 aromatic heterocycles. The summed E-state index contributed by atoms with van der Waals surface area (Å²) in [6, 6.07) is 5.98. The van der Waals surface area contributed by atoms with Gasteiger partial charge in [0.1, 0.15) is 0 Å². The first-order valence-electron chi connectivity index (χ1n) is 5.23. The molecule has 1 aromatic carbocycles. The van der Waals surface area contributed by atoms with Crippen LogP contribution in [-0.4, -0.2) is 24.2 Å². The zero-order chi connectivity index (χ0) is 10.8. The van der Waals surface area contributed by atoms with Crippen LogP contribution in [0.4, 0.5) is 0 Å². The fourth-order valence-corrected chi connectivity index (χ4v) is 2.23. The Morgan fingerprint density at radius 1 is 1.53 bits per heavy atom. The number of carbonyl (C=O) groups is 1. The summed E-state index contributed by atoms with van der Waals surface area (Å²) in [7, 11) is 1.93. The van der Waals surface area contributed by atoms with Gasteiger partial charge >= 0.3 is 5.97 Å². The summed E-state index contributed by atoms with van der Waals surface area (Å²) in [5, 5.41) is 12.3. The Hall–Kier alpha value is -1.35. The zero-order valence-electron chi connectivity index (χ0n) is 8.79. The number of aromatic carboxylic acids is 1. The van der Waals surface area contributed by atoms with E-state index in [4.69, 9.17) is 5.11 Å². The molecule has 80 valence electrons. The van der Waals surface area contributed by atoms with Crippen molar-refractivity contribution in [2.45, 2.75) is 25.3 Å². The minimum absolute atomic E-state index is 0.415. The number of rotatable bonds is 2. The summed E-state index contributed by atoms with van der Waals surface area (Å²) < 4.78 is 0. The van der Waals surface area contributed by atoms with Crippen molar-refractivity contribution in [1.82, 2.24) is 5.32 Å². The number of benzene rings is 1. The van der Waals surface area contributed by atoms with Crippen molar-refractivity contribution < 1.29 is 9.90 Å². The summed E-state index contributed by atoms with van der Waals surface area (Å²) in [4.78, 5) is 11.0. The first-order valence-corrected chi connectivity index (χ1v) is 5.23. The SMILES string of the molecule is CNC1CCc2cccc(C(=O)O)c2C1. The van der Waals surface area contributed by atoms with Gasteiger partial charge in [0.25, 0.3) is 0 Å². The maximum atomic E-state index is 11.0. The van der Waals surface area contributed by atoms with E-state index in [1.54, 1.807) is 6.07 Å². The molecule has 2 rings (SSSR count). The molecular weight excluding hydrogens is 190 g/mol. The molecule has 15 heavy (non-hydrogen) atoms. The Morgan fingerprint density at radius 2 is 2.33 bits per heavy atom. The molecule has 0 aliphatic heterocycles. The summed E-state index contributed by atoms with van der Waals surface area (Å²) in [5.41, 5.74) is 2.67. The molecule has 0 saturated heterocycles. The fraction of sp³-hybridized carbons (Fsp3) is 0.417. The summed E-state index contributed by atoms with van der Waals surface area (Å²) in [6.45, 7) is 0. The molecule has 1 unspecified atom stereocenters. The highest BCUT2D eigenvalue weighted by Gasteiger charge is 2.21. The lowest BCUT2D eigenvalue weighted by Crippen LogP contribution is -2.32. The molecular formula is C12H15NO2. The second kappa shape index (κ2) is 4.03. The largest absolute Gasteiger partial charge is 0.478 e. The molecule has 0 heterocycles.